The van der Waals surface area contributed by atoms with Crippen molar-refractivity contribution in [2.45, 2.75) is 13.0 Å². The molecule has 20 heavy (non-hydrogen) atoms. The lowest BCUT2D eigenvalue weighted by molar-refractivity contribution is -0.148. The molecule has 1 aliphatic rings. The number of hydrogen-bond acceptors (Lipinski definition) is 4. The molecule has 2 rings (SSSR count). The second-order valence-corrected chi connectivity index (χ2v) is 4.88. The minimum atomic E-state index is -0.393. The van der Waals surface area contributed by atoms with Crippen LogP contribution in [0.5, 0.6) is 0 Å². The van der Waals surface area contributed by atoms with E-state index >= 15 is 0 Å². The molecule has 0 radical (unpaired) electrons. The Hall–Kier alpha value is -1.88. The molecule has 108 valence electrons. The van der Waals surface area contributed by atoms with Crippen LogP contribution in [-0.4, -0.2) is 55.0 Å². The van der Waals surface area contributed by atoms with Gasteiger partial charge in [-0.2, -0.15) is 0 Å². The van der Waals surface area contributed by atoms with Gasteiger partial charge in [-0.05, 0) is 5.56 Å². The topological polar surface area (TPSA) is 49.9 Å². The van der Waals surface area contributed by atoms with E-state index in [9.17, 15) is 9.59 Å². The summed E-state index contributed by atoms with van der Waals surface area (Å²) in [4.78, 5) is 27.3. The van der Waals surface area contributed by atoms with E-state index in [0.29, 0.717) is 26.2 Å². The van der Waals surface area contributed by atoms with Crippen molar-refractivity contribution in [1.82, 2.24) is 9.80 Å². The van der Waals surface area contributed by atoms with E-state index < -0.39 is 6.04 Å². The average molecular weight is 276 g/mol. The summed E-state index contributed by atoms with van der Waals surface area (Å²) in [6.45, 7) is 4.22. The highest BCUT2D eigenvalue weighted by Gasteiger charge is 2.31. The fourth-order valence-corrected chi connectivity index (χ4v) is 2.54. The lowest BCUT2D eigenvalue weighted by Crippen LogP contribution is -2.50. The number of esters is 1. The van der Waals surface area contributed by atoms with Gasteiger partial charge in [0.1, 0.15) is 6.04 Å². The van der Waals surface area contributed by atoms with Gasteiger partial charge in [-0.15, -0.1) is 0 Å². The Balaban J connectivity index is 2.13. The van der Waals surface area contributed by atoms with E-state index in [4.69, 9.17) is 4.74 Å². The van der Waals surface area contributed by atoms with Gasteiger partial charge in [0, 0.05) is 33.1 Å². The molecular weight excluding hydrogens is 256 g/mol. The van der Waals surface area contributed by atoms with Crippen LogP contribution in [0.25, 0.3) is 0 Å². The number of amides is 1. The lowest BCUT2D eigenvalue weighted by Gasteiger charge is -2.37. The Kier molecular flexibility index (Phi) is 4.74. The molecule has 1 unspecified atom stereocenters. The van der Waals surface area contributed by atoms with E-state index in [-0.39, 0.29) is 11.9 Å². The molecule has 5 heteroatoms. The number of methoxy groups -OCH3 is 1. The van der Waals surface area contributed by atoms with Crippen molar-refractivity contribution >= 4 is 11.9 Å². The van der Waals surface area contributed by atoms with Gasteiger partial charge in [-0.1, -0.05) is 30.3 Å². The molecule has 1 aromatic carbocycles. The van der Waals surface area contributed by atoms with Crippen LogP contribution in [0, 0.1) is 0 Å². The van der Waals surface area contributed by atoms with Crippen molar-refractivity contribution < 1.29 is 14.3 Å². The number of nitrogens with zero attached hydrogens (tertiary/aromatic N) is 2. The van der Waals surface area contributed by atoms with Crippen LogP contribution < -0.4 is 0 Å². The summed E-state index contributed by atoms with van der Waals surface area (Å²) in [6.07, 6.45) is 0. The highest BCUT2D eigenvalue weighted by atomic mass is 16.5. The molecule has 1 aliphatic heterocycles. The van der Waals surface area contributed by atoms with Crippen LogP contribution in [0.3, 0.4) is 0 Å². The van der Waals surface area contributed by atoms with Crippen LogP contribution >= 0.6 is 0 Å². The highest BCUT2D eigenvalue weighted by Crippen LogP contribution is 2.23. The maximum absolute atomic E-state index is 12.1. The van der Waals surface area contributed by atoms with Gasteiger partial charge in [0.05, 0.1) is 7.11 Å². The third-order valence-electron chi connectivity index (χ3n) is 3.66. The first-order valence-electron chi connectivity index (χ1n) is 6.76. The zero-order valence-corrected chi connectivity index (χ0v) is 11.9. The van der Waals surface area contributed by atoms with Gasteiger partial charge in [-0.3, -0.25) is 9.69 Å². The lowest BCUT2D eigenvalue weighted by atomic mass is 10.0. The normalized spacial score (nSPS) is 17.6. The molecule has 0 spiro atoms. The van der Waals surface area contributed by atoms with Crippen molar-refractivity contribution in [2.24, 2.45) is 0 Å². The van der Waals surface area contributed by atoms with E-state index in [1.54, 1.807) is 11.8 Å². The van der Waals surface area contributed by atoms with Crippen LogP contribution in [0.1, 0.15) is 18.5 Å². The van der Waals surface area contributed by atoms with Crippen LogP contribution in [0.2, 0.25) is 0 Å². The van der Waals surface area contributed by atoms with E-state index in [1.165, 1.54) is 7.11 Å². The van der Waals surface area contributed by atoms with Crippen molar-refractivity contribution in [3.63, 3.8) is 0 Å². The molecule has 1 aromatic rings. The average Bonchev–Trinajstić information content (AvgIpc) is 2.49. The van der Waals surface area contributed by atoms with Gasteiger partial charge < -0.3 is 9.64 Å². The van der Waals surface area contributed by atoms with Crippen LogP contribution in [-0.2, 0) is 14.3 Å². The summed E-state index contributed by atoms with van der Waals surface area (Å²) in [7, 11) is 1.41. The molecule has 0 saturated carbocycles. The molecule has 1 heterocycles. The largest absolute Gasteiger partial charge is 0.468 e. The van der Waals surface area contributed by atoms with Crippen LogP contribution in [0.15, 0.2) is 30.3 Å². The smallest absolute Gasteiger partial charge is 0.327 e. The van der Waals surface area contributed by atoms with E-state index in [2.05, 4.69) is 4.90 Å². The van der Waals surface area contributed by atoms with Gasteiger partial charge in [0.2, 0.25) is 5.91 Å². The first-order valence-corrected chi connectivity index (χ1v) is 6.76. The van der Waals surface area contributed by atoms with E-state index in [1.807, 2.05) is 30.3 Å². The van der Waals surface area contributed by atoms with Crippen molar-refractivity contribution in [2.75, 3.05) is 33.3 Å². The number of benzene rings is 1. The number of carbonyl (C=O) groups excluding carboxylic acids is 2. The second kappa shape index (κ2) is 6.52. The summed E-state index contributed by atoms with van der Waals surface area (Å²) in [6, 6.07) is 9.22. The number of rotatable bonds is 3. The van der Waals surface area contributed by atoms with Gasteiger partial charge in [0.25, 0.3) is 0 Å². The molecule has 1 amide bonds. The van der Waals surface area contributed by atoms with E-state index in [0.717, 1.165) is 5.56 Å². The fraction of sp³-hybridized carbons (Fsp3) is 0.467. The first kappa shape index (κ1) is 14.5. The van der Waals surface area contributed by atoms with Gasteiger partial charge in [-0.25, -0.2) is 4.79 Å². The summed E-state index contributed by atoms with van der Waals surface area (Å²) < 4.78 is 4.93. The van der Waals surface area contributed by atoms with Gasteiger partial charge >= 0.3 is 5.97 Å². The Bertz CT molecular complexity index is 467. The predicted octanol–water partition coefficient (Wildman–Crippen LogP) is 1.06. The molecule has 1 saturated heterocycles. The monoisotopic (exact) mass is 276 g/mol. The number of ether oxygens (including phenoxy) is 1. The zero-order chi connectivity index (χ0) is 14.5. The summed E-state index contributed by atoms with van der Waals surface area (Å²) in [5, 5.41) is 0. The van der Waals surface area contributed by atoms with Crippen molar-refractivity contribution in [1.29, 1.82) is 0 Å². The minimum absolute atomic E-state index is 0.0824. The van der Waals surface area contributed by atoms with Crippen LogP contribution in [0.4, 0.5) is 0 Å². The molecule has 0 aliphatic carbocycles. The molecule has 1 fully saturated rings. The third-order valence-corrected chi connectivity index (χ3v) is 3.66. The van der Waals surface area contributed by atoms with Crippen molar-refractivity contribution in [3.8, 4) is 0 Å². The Morgan fingerprint density at radius 2 is 1.70 bits per heavy atom. The zero-order valence-electron chi connectivity index (χ0n) is 11.9. The highest BCUT2D eigenvalue weighted by molar-refractivity contribution is 5.77. The van der Waals surface area contributed by atoms with Crippen molar-refractivity contribution in [3.05, 3.63) is 35.9 Å². The molecular formula is C15H20N2O3. The Morgan fingerprint density at radius 1 is 1.10 bits per heavy atom. The molecule has 0 aromatic heterocycles. The summed E-state index contributed by atoms with van der Waals surface area (Å²) in [5.74, 6) is -0.175. The number of hydrogen-bond donors (Lipinski definition) is 0. The fourth-order valence-electron chi connectivity index (χ4n) is 2.54. The molecule has 1 atom stereocenters. The number of carbonyl (C=O) groups is 2. The SMILES string of the molecule is COC(=O)C(c1ccccc1)N1CCN(C(C)=O)CC1. The Labute approximate surface area is 119 Å². The third kappa shape index (κ3) is 3.17. The maximum Gasteiger partial charge on any atom is 0.327 e. The maximum atomic E-state index is 12.1. The summed E-state index contributed by atoms with van der Waals surface area (Å²) in [5.41, 5.74) is 0.927. The predicted molar refractivity (Wildman–Crippen MR) is 75.0 cm³/mol. The quantitative estimate of drug-likeness (QED) is 0.775. The molecule has 5 nitrogen and oxygen atoms in total. The first-order chi connectivity index (χ1) is 9.63. The van der Waals surface area contributed by atoms with Gasteiger partial charge in [0.15, 0.2) is 0 Å². The Morgan fingerprint density at radius 3 is 2.20 bits per heavy atom. The summed E-state index contributed by atoms with van der Waals surface area (Å²) >= 11 is 0. The molecule has 0 bridgehead atoms. The second-order valence-electron chi connectivity index (χ2n) is 4.88. The minimum Gasteiger partial charge on any atom is -0.468 e. The number of piperazine rings is 1. The molecule has 0 N–H and O–H groups in total. The standard InChI is InChI=1S/C15H20N2O3/c1-12(18)16-8-10-17(11-9-16)14(15(19)20-2)13-6-4-3-5-7-13/h3-7,14H,8-11H2,1-2H3.